The van der Waals surface area contributed by atoms with E-state index < -0.39 is 0 Å². The zero-order valence-electron chi connectivity index (χ0n) is 15.6. The molecule has 140 valence electrons. The summed E-state index contributed by atoms with van der Waals surface area (Å²) in [5.74, 6) is 0. The minimum absolute atomic E-state index is 0.363. The lowest BCUT2D eigenvalue weighted by Gasteiger charge is -2.37. The van der Waals surface area contributed by atoms with E-state index in [0.29, 0.717) is 6.04 Å². The topological polar surface area (TPSA) is 18.8 Å². The van der Waals surface area contributed by atoms with E-state index in [4.69, 9.17) is 5.10 Å². The maximum atomic E-state index is 4.72. The second kappa shape index (κ2) is 7.53. The Hall–Kier alpha value is -2.43. The molecule has 3 aromatic carbocycles. The molecule has 1 heterocycles. The fourth-order valence-electron chi connectivity index (χ4n) is 4.33. The van der Waals surface area contributed by atoms with Crippen LogP contribution in [-0.2, 0) is 0 Å². The van der Waals surface area contributed by atoms with E-state index in [-0.39, 0.29) is 0 Å². The molecular weight excluding hydrogens is 410 g/mol. The van der Waals surface area contributed by atoms with Gasteiger partial charge in [0.05, 0.1) is 12.3 Å². The Kier molecular flexibility index (Phi) is 4.75. The number of halogens is 1. The largest absolute Gasteiger partial charge is 0.294 e. The monoisotopic (exact) mass is 431 g/mol. The highest BCUT2D eigenvalue weighted by Crippen LogP contribution is 2.46. The van der Waals surface area contributed by atoms with Gasteiger partial charge in [0, 0.05) is 36.2 Å². The van der Waals surface area contributed by atoms with Crippen LogP contribution in [0.1, 0.15) is 22.7 Å². The number of benzene rings is 3. The van der Waals surface area contributed by atoms with Gasteiger partial charge in [0.1, 0.15) is 0 Å². The summed E-state index contributed by atoms with van der Waals surface area (Å²) in [6, 6.07) is 26.3. The summed E-state index contributed by atoms with van der Waals surface area (Å²) in [6.07, 6.45) is 1.96. The van der Waals surface area contributed by atoms with Crippen LogP contribution in [-0.4, -0.2) is 42.3 Å². The van der Waals surface area contributed by atoms with Gasteiger partial charge in [-0.15, -0.1) is 0 Å². The smallest absolute Gasteiger partial charge is 0.0615 e. The Balaban J connectivity index is 1.33. The molecule has 1 aliphatic heterocycles. The minimum atomic E-state index is 0.363. The van der Waals surface area contributed by atoms with Crippen LogP contribution in [0.25, 0.3) is 11.1 Å². The predicted octanol–water partition coefficient (Wildman–Crippen LogP) is 5.17. The zero-order chi connectivity index (χ0) is 18.9. The van der Waals surface area contributed by atoms with Crippen molar-refractivity contribution in [1.82, 2.24) is 9.91 Å². The van der Waals surface area contributed by atoms with E-state index >= 15 is 0 Å². The Morgan fingerprint density at radius 1 is 0.750 bits per heavy atom. The van der Waals surface area contributed by atoms with Crippen molar-refractivity contribution in [2.75, 3.05) is 26.2 Å². The SMILES string of the molecule is Brc1ccccc1/C=N\N1CCN(C2c3ccccc3-c3ccccc32)CC1. The molecule has 28 heavy (non-hydrogen) atoms. The molecule has 3 nitrogen and oxygen atoms in total. The van der Waals surface area contributed by atoms with Crippen molar-refractivity contribution in [3.05, 3.63) is 94.0 Å². The van der Waals surface area contributed by atoms with Crippen LogP contribution in [0, 0.1) is 0 Å². The maximum absolute atomic E-state index is 4.72. The minimum Gasteiger partial charge on any atom is -0.294 e. The van der Waals surface area contributed by atoms with Crippen molar-refractivity contribution in [3.8, 4) is 11.1 Å². The molecule has 1 saturated heterocycles. The van der Waals surface area contributed by atoms with Crippen molar-refractivity contribution in [2.24, 2.45) is 5.10 Å². The van der Waals surface area contributed by atoms with Crippen molar-refractivity contribution >= 4 is 22.1 Å². The first-order chi connectivity index (χ1) is 13.8. The third-order valence-corrected chi connectivity index (χ3v) is 6.44. The molecule has 0 bridgehead atoms. The highest BCUT2D eigenvalue weighted by Gasteiger charge is 2.33. The third-order valence-electron chi connectivity index (χ3n) is 5.72. The molecule has 0 aromatic heterocycles. The first-order valence-electron chi connectivity index (χ1n) is 9.77. The van der Waals surface area contributed by atoms with E-state index in [2.05, 4.69) is 80.4 Å². The van der Waals surface area contributed by atoms with Crippen LogP contribution in [0.4, 0.5) is 0 Å². The highest BCUT2D eigenvalue weighted by molar-refractivity contribution is 9.10. The van der Waals surface area contributed by atoms with E-state index in [1.807, 2.05) is 24.4 Å². The molecule has 0 unspecified atom stereocenters. The van der Waals surface area contributed by atoms with E-state index in [1.54, 1.807) is 0 Å². The molecule has 0 saturated carbocycles. The summed E-state index contributed by atoms with van der Waals surface area (Å²) < 4.78 is 1.08. The second-order valence-corrected chi connectivity index (χ2v) is 8.19. The van der Waals surface area contributed by atoms with Crippen LogP contribution in [0.3, 0.4) is 0 Å². The van der Waals surface area contributed by atoms with Gasteiger partial charge in [-0.2, -0.15) is 5.10 Å². The molecule has 3 aromatic rings. The Bertz CT molecular complexity index is 976. The van der Waals surface area contributed by atoms with Gasteiger partial charge in [-0.05, 0) is 28.3 Å². The van der Waals surface area contributed by atoms with Gasteiger partial charge in [-0.1, -0.05) is 82.7 Å². The Morgan fingerprint density at radius 3 is 1.96 bits per heavy atom. The normalized spacial score (nSPS) is 17.1. The highest BCUT2D eigenvalue weighted by atomic mass is 79.9. The first kappa shape index (κ1) is 17.7. The standard InChI is InChI=1S/C24H22BrN3/c25-23-12-6-1-7-18(23)17-26-28-15-13-27(14-16-28)24-21-10-4-2-8-19(21)20-9-3-5-11-22(20)24/h1-12,17,24H,13-16H2/b26-17-. The molecule has 0 radical (unpaired) electrons. The third kappa shape index (κ3) is 3.17. The summed E-state index contributed by atoms with van der Waals surface area (Å²) in [4.78, 5) is 2.61. The van der Waals surface area contributed by atoms with Gasteiger partial charge in [-0.25, -0.2) is 0 Å². The van der Waals surface area contributed by atoms with Crippen molar-refractivity contribution < 1.29 is 0 Å². The van der Waals surface area contributed by atoms with Crippen LogP contribution in [0.15, 0.2) is 82.4 Å². The number of hydrogen-bond donors (Lipinski definition) is 0. The summed E-state index contributed by atoms with van der Waals surface area (Å²) >= 11 is 3.59. The Morgan fingerprint density at radius 2 is 1.32 bits per heavy atom. The van der Waals surface area contributed by atoms with Crippen LogP contribution >= 0.6 is 15.9 Å². The van der Waals surface area contributed by atoms with Crippen molar-refractivity contribution in [1.29, 1.82) is 0 Å². The second-order valence-electron chi connectivity index (χ2n) is 7.33. The average Bonchev–Trinajstić information content (AvgIpc) is 3.08. The molecule has 0 spiro atoms. The number of hydrogen-bond acceptors (Lipinski definition) is 3. The lowest BCUT2D eigenvalue weighted by molar-refractivity contribution is 0.114. The summed E-state index contributed by atoms with van der Waals surface area (Å²) in [6.45, 7) is 3.92. The van der Waals surface area contributed by atoms with Gasteiger partial charge < -0.3 is 0 Å². The lowest BCUT2D eigenvalue weighted by Crippen LogP contribution is -2.45. The van der Waals surface area contributed by atoms with E-state index in [9.17, 15) is 0 Å². The number of rotatable bonds is 3. The fraction of sp³-hybridized carbons (Fsp3) is 0.208. The van der Waals surface area contributed by atoms with Gasteiger partial charge in [0.15, 0.2) is 0 Å². The summed E-state index contributed by atoms with van der Waals surface area (Å²) in [7, 11) is 0. The molecule has 2 aliphatic rings. The maximum Gasteiger partial charge on any atom is 0.0615 e. The number of hydrazone groups is 1. The molecule has 1 aliphatic carbocycles. The number of nitrogens with zero attached hydrogens (tertiary/aromatic N) is 3. The summed E-state index contributed by atoms with van der Waals surface area (Å²) in [5.41, 5.74) is 6.77. The quantitative estimate of drug-likeness (QED) is 0.532. The van der Waals surface area contributed by atoms with Crippen LogP contribution in [0.2, 0.25) is 0 Å². The summed E-state index contributed by atoms with van der Waals surface area (Å²) in [5, 5.41) is 6.90. The van der Waals surface area contributed by atoms with E-state index in [1.165, 1.54) is 22.3 Å². The van der Waals surface area contributed by atoms with Gasteiger partial charge >= 0.3 is 0 Å². The number of fused-ring (bicyclic) bond motifs is 3. The fourth-order valence-corrected chi connectivity index (χ4v) is 4.72. The van der Waals surface area contributed by atoms with Crippen molar-refractivity contribution in [3.63, 3.8) is 0 Å². The first-order valence-corrected chi connectivity index (χ1v) is 10.6. The van der Waals surface area contributed by atoms with Crippen molar-refractivity contribution in [2.45, 2.75) is 6.04 Å². The van der Waals surface area contributed by atoms with E-state index in [0.717, 1.165) is 36.2 Å². The van der Waals surface area contributed by atoms with Gasteiger partial charge in [0.2, 0.25) is 0 Å². The molecule has 0 atom stereocenters. The molecule has 0 N–H and O–H groups in total. The van der Waals surface area contributed by atoms with Gasteiger partial charge in [0.25, 0.3) is 0 Å². The molecule has 5 rings (SSSR count). The average molecular weight is 432 g/mol. The number of piperazine rings is 1. The predicted molar refractivity (Wildman–Crippen MR) is 119 cm³/mol. The van der Waals surface area contributed by atoms with Gasteiger partial charge in [-0.3, -0.25) is 9.91 Å². The molecule has 0 amide bonds. The zero-order valence-corrected chi connectivity index (χ0v) is 17.2. The lowest BCUT2D eigenvalue weighted by atomic mass is 10.0. The molecule has 1 fully saturated rings. The molecular formula is C24H22BrN3. The Labute approximate surface area is 174 Å². The van der Waals surface area contributed by atoms with Crippen LogP contribution < -0.4 is 0 Å². The molecule has 4 heteroatoms. The van der Waals surface area contributed by atoms with Crippen LogP contribution in [0.5, 0.6) is 0 Å².